The third-order valence-corrected chi connectivity index (χ3v) is 3.07. The summed E-state index contributed by atoms with van der Waals surface area (Å²) in [6.45, 7) is 2.09. The first-order chi connectivity index (χ1) is 5.25. The van der Waals surface area contributed by atoms with E-state index in [2.05, 4.69) is 27.8 Å². The van der Waals surface area contributed by atoms with Gasteiger partial charge < -0.3 is 5.73 Å². The summed E-state index contributed by atoms with van der Waals surface area (Å²) < 4.78 is 0.976. The van der Waals surface area contributed by atoms with Crippen LogP contribution in [0.15, 0.2) is 21.8 Å². The predicted molar refractivity (Wildman–Crippen MR) is 52.7 cm³/mol. The van der Waals surface area contributed by atoms with Crippen molar-refractivity contribution in [3.8, 4) is 0 Å². The van der Waals surface area contributed by atoms with E-state index >= 15 is 0 Å². The molecule has 0 bridgehead atoms. The maximum Gasteiger partial charge on any atom is 0.0650 e. The zero-order valence-electron chi connectivity index (χ0n) is 6.17. The molecule has 60 valence electrons. The summed E-state index contributed by atoms with van der Waals surface area (Å²) in [4.78, 5) is 5.03. The van der Waals surface area contributed by atoms with Crippen molar-refractivity contribution in [3.63, 3.8) is 0 Å². The Kier molecular flexibility index (Phi) is 3.20. The lowest BCUT2D eigenvalue weighted by Crippen LogP contribution is -1.90. The number of aromatic nitrogens is 1. The molecule has 0 atom stereocenters. The molecule has 0 saturated heterocycles. The Balaban J connectivity index is 3.00. The number of rotatable bonds is 2. The number of anilines is 1. The van der Waals surface area contributed by atoms with Crippen molar-refractivity contribution >= 4 is 33.4 Å². The number of pyridine rings is 1. The summed E-state index contributed by atoms with van der Waals surface area (Å²) in [5, 5.41) is 0. The monoisotopic (exact) mass is 232 g/mol. The van der Waals surface area contributed by atoms with Crippen LogP contribution in [0.1, 0.15) is 6.92 Å². The Bertz CT molecular complexity index is 232. The minimum absolute atomic E-state index is 0.742. The number of nitrogens with two attached hydrogens (primary N) is 1. The Morgan fingerprint density at radius 3 is 2.91 bits per heavy atom. The van der Waals surface area contributed by atoms with Crippen LogP contribution in [0.2, 0.25) is 0 Å². The molecule has 2 N–H and O–H groups in total. The first-order valence-corrected chi connectivity index (χ1v) is 5.05. The molecule has 0 radical (unpaired) electrons. The molecule has 1 aromatic rings. The summed E-state index contributed by atoms with van der Waals surface area (Å²) in [5.74, 6) is 1.02. The number of thioether (sulfide) groups is 1. The number of nitrogens with zero attached hydrogens (tertiary/aromatic N) is 1. The van der Waals surface area contributed by atoms with Gasteiger partial charge in [-0.2, -0.15) is 0 Å². The highest BCUT2D eigenvalue weighted by Crippen LogP contribution is 2.31. The van der Waals surface area contributed by atoms with E-state index < -0.39 is 0 Å². The lowest BCUT2D eigenvalue weighted by atomic mass is 10.4. The van der Waals surface area contributed by atoms with E-state index in [1.807, 2.05) is 0 Å². The van der Waals surface area contributed by atoms with Crippen LogP contribution >= 0.6 is 27.7 Å². The third-order valence-electron chi connectivity index (χ3n) is 1.17. The average Bonchev–Trinajstić information content (AvgIpc) is 1.97. The minimum atomic E-state index is 0.742. The molecule has 0 spiro atoms. The molecule has 0 fully saturated rings. The second-order valence-corrected chi connectivity index (χ2v) is 4.10. The van der Waals surface area contributed by atoms with E-state index in [1.165, 1.54) is 0 Å². The fourth-order valence-corrected chi connectivity index (χ4v) is 2.12. The largest absolute Gasteiger partial charge is 0.397 e. The van der Waals surface area contributed by atoms with Gasteiger partial charge in [0.05, 0.1) is 16.4 Å². The number of hydrogen-bond donors (Lipinski definition) is 1. The van der Waals surface area contributed by atoms with E-state index in [-0.39, 0.29) is 0 Å². The Morgan fingerprint density at radius 2 is 2.36 bits per heavy atom. The van der Waals surface area contributed by atoms with Crippen molar-refractivity contribution < 1.29 is 0 Å². The zero-order valence-corrected chi connectivity index (χ0v) is 8.58. The maximum atomic E-state index is 5.69. The smallest absolute Gasteiger partial charge is 0.0650 e. The maximum absolute atomic E-state index is 5.69. The molecular weight excluding hydrogens is 224 g/mol. The summed E-state index contributed by atoms with van der Waals surface area (Å²) in [7, 11) is 0. The Hall–Kier alpha value is -0.220. The van der Waals surface area contributed by atoms with E-state index in [9.17, 15) is 0 Å². The normalized spacial score (nSPS) is 10.0. The topological polar surface area (TPSA) is 38.9 Å². The van der Waals surface area contributed by atoms with Gasteiger partial charge in [-0.05, 0) is 21.7 Å². The van der Waals surface area contributed by atoms with Gasteiger partial charge in [0.1, 0.15) is 0 Å². The highest BCUT2D eigenvalue weighted by Gasteiger charge is 2.02. The van der Waals surface area contributed by atoms with Gasteiger partial charge in [0.15, 0.2) is 0 Å². The second kappa shape index (κ2) is 3.97. The highest BCUT2D eigenvalue weighted by atomic mass is 79.9. The number of hydrogen-bond acceptors (Lipinski definition) is 3. The van der Waals surface area contributed by atoms with Gasteiger partial charge in [0.25, 0.3) is 0 Å². The fourth-order valence-electron chi connectivity index (χ4n) is 0.735. The Labute approximate surface area is 78.7 Å². The molecule has 1 rings (SSSR count). The molecule has 0 aliphatic rings. The summed E-state index contributed by atoms with van der Waals surface area (Å²) in [5.41, 5.74) is 6.44. The molecule has 1 aromatic heterocycles. The van der Waals surface area contributed by atoms with Crippen molar-refractivity contribution in [2.24, 2.45) is 0 Å². The van der Waals surface area contributed by atoms with Crippen LogP contribution in [0, 0.1) is 0 Å². The van der Waals surface area contributed by atoms with Gasteiger partial charge in [-0.1, -0.05) is 6.92 Å². The zero-order chi connectivity index (χ0) is 8.27. The molecule has 2 nitrogen and oxygen atoms in total. The van der Waals surface area contributed by atoms with Gasteiger partial charge in [-0.15, -0.1) is 11.8 Å². The molecular formula is C7H9BrN2S. The lowest BCUT2D eigenvalue weighted by molar-refractivity contribution is 1.24. The van der Waals surface area contributed by atoms with E-state index in [0.29, 0.717) is 0 Å². The average molecular weight is 233 g/mol. The van der Waals surface area contributed by atoms with Gasteiger partial charge in [-0.3, -0.25) is 4.98 Å². The molecule has 0 aliphatic heterocycles. The molecule has 1 heterocycles. The SMILES string of the molecule is CCSc1c(N)cncc1Br. The first kappa shape index (κ1) is 8.87. The second-order valence-electron chi connectivity index (χ2n) is 1.97. The molecule has 4 heteroatoms. The van der Waals surface area contributed by atoms with Crippen LogP contribution in [0.3, 0.4) is 0 Å². The standard InChI is InChI=1S/C7H9BrN2S/c1-2-11-7-5(8)3-10-4-6(7)9/h3-4H,2,9H2,1H3. The first-order valence-electron chi connectivity index (χ1n) is 3.27. The minimum Gasteiger partial charge on any atom is -0.397 e. The van der Waals surface area contributed by atoms with Crippen LogP contribution in [0.25, 0.3) is 0 Å². The number of nitrogen functional groups attached to an aromatic ring is 1. The van der Waals surface area contributed by atoms with Gasteiger partial charge in [0, 0.05) is 11.1 Å². The summed E-state index contributed by atoms with van der Waals surface area (Å²) in [6.07, 6.45) is 3.43. The molecule has 0 aromatic carbocycles. The fraction of sp³-hybridized carbons (Fsp3) is 0.286. The van der Waals surface area contributed by atoms with Gasteiger partial charge in [0.2, 0.25) is 0 Å². The molecule has 0 amide bonds. The van der Waals surface area contributed by atoms with Crippen LogP contribution in [-0.2, 0) is 0 Å². The van der Waals surface area contributed by atoms with Gasteiger partial charge in [-0.25, -0.2) is 0 Å². The van der Waals surface area contributed by atoms with Crippen molar-refractivity contribution in [2.75, 3.05) is 11.5 Å². The van der Waals surface area contributed by atoms with Crippen LogP contribution in [0.5, 0.6) is 0 Å². The van der Waals surface area contributed by atoms with Crippen molar-refractivity contribution in [1.82, 2.24) is 4.98 Å². The Morgan fingerprint density at radius 1 is 1.64 bits per heavy atom. The van der Waals surface area contributed by atoms with Crippen LogP contribution in [0.4, 0.5) is 5.69 Å². The third kappa shape index (κ3) is 2.10. The van der Waals surface area contributed by atoms with Gasteiger partial charge >= 0.3 is 0 Å². The van der Waals surface area contributed by atoms with Crippen LogP contribution in [-0.4, -0.2) is 10.7 Å². The highest BCUT2D eigenvalue weighted by molar-refractivity contribution is 9.10. The molecule has 0 aliphatic carbocycles. The number of halogens is 1. The summed E-state index contributed by atoms with van der Waals surface area (Å²) in [6, 6.07) is 0. The quantitative estimate of drug-likeness (QED) is 0.798. The lowest BCUT2D eigenvalue weighted by Gasteiger charge is -2.03. The molecule has 0 unspecified atom stereocenters. The van der Waals surface area contributed by atoms with E-state index in [4.69, 9.17) is 5.73 Å². The summed E-state index contributed by atoms with van der Waals surface area (Å²) >= 11 is 5.10. The molecule has 0 saturated carbocycles. The van der Waals surface area contributed by atoms with Crippen molar-refractivity contribution in [3.05, 3.63) is 16.9 Å². The van der Waals surface area contributed by atoms with E-state index in [1.54, 1.807) is 24.2 Å². The molecule has 11 heavy (non-hydrogen) atoms. The van der Waals surface area contributed by atoms with Crippen molar-refractivity contribution in [1.29, 1.82) is 0 Å². The van der Waals surface area contributed by atoms with Crippen molar-refractivity contribution in [2.45, 2.75) is 11.8 Å². The van der Waals surface area contributed by atoms with Crippen LogP contribution < -0.4 is 5.73 Å². The predicted octanol–water partition coefficient (Wildman–Crippen LogP) is 2.54. The van der Waals surface area contributed by atoms with E-state index in [0.717, 1.165) is 20.8 Å².